The third kappa shape index (κ3) is 1.70. The van der Waals surface area contributed by atoms with Crippen LogP contribution in [0.2, 0.25) is 0 Å². The van der Waals surface area contributed by atoms with Gasteiger partial charge in [-0.3, -0.25) is 10.0 Å². The van der Waals surface area contributed by atoms with Crippen LogP contribution in [-0.4, -0.2) is 5.01 Å². The third-order valence-corrected chi connectivity index (χ3v) is 3.45. The fourth-order valence-electron chi connectivity index (χ4n) is 2.48. The maximum atomic E-state index is 13.3. The highest BCUT2D eigenvalue weighted by Crippen LogP contribution is 2.32. The van der Waals surface area contributed by atoms with E-state index in [0.717, 1.165) is 16.9 Å². The van der Waals surface area contributed by atoms with Crippen LogP contribution in [0.15, 0.2) is 60.9 Å². The molecule has 2 heterocycles. The first-order valence-electron chi connectivity index (χ1n) is 6.41. The minimum Gasteiger partial charge on any atom is -0.264 e. The summed E-state index contributed by atoms with van der Waals surface area (Å²) in [5, 5.41) is 3.73. The average molecular weight is 265 g/mol. The van der Waals surface area contributed by atoms with Crippen LogP contribution in [0.3, 0.4) is 0 Å². The Morgan fingerprint density at radius 2 is 1.85 bits per heavy atom. The summed E-state index contributed by atoms with van der Waals surface area (Å²) in [6, 6.07) is 14.7. The van der Waals surface area contributed by atoms with Crippen LogP contribution in [0.25, 0.3) is 11.8 Å². The van der Waals surface area contributed by atoms with Gasteiger partial charge in [0.1, 0.15) is 5.82 Å². The Kier molecular flexibility index (Phi) is 2.37. The van der Waals surface area contributed by atoms with Crippen LogP contribution >= 0.6 is 0 Å². The lowest BCUT2D eigenvalue weighted by Gasteiger charge is -2.24. The zero-order valence-electron chi connectivity index (χ0n) is 10.6. The second kappa shape index (κ2) is 4.21. The molecule has 0 amide bonds. The zero-order valence-corrected chi connectivity index (χ0v) is 10.6. The van der Waals surface area contributed by atoms with Gasteiger partial charge in [-0.15, -0.1) is 5.53 Å². The van der Waals surface area contributed by atoms with Gasteiger partial charge in [0.05, 0.1) is 11.4 Å². The SMILES string of the molecule is Fc1cccc(N2C=C3c4ccccc4C=CN3N2)c1. The Labute approximate surface area is 116 Å². The number of hydrazine groups is 2. The molecule has 0 bridgehead atoms. The first-order valence-corrected chi connectivity index (χ1v) is 6.41. The first-order chi connectivity index (χ1) is 9.81. The van der Waals surface area contributed by atoms with Crippen molar-refractivity contribution >= 4 is 17.5 Å². The standard InChI is InChI=1S/C16H12FN3/c17-13-5-3-6-14(10-13)20-11-16-15-7-2-1-4-12(15)8-9-19(16)18-20/h1-11,18H. The molecular formula is C16H12FN3. The number of benzene rings is 2. The number of anilines is 1. The molecule has 2 aromatic carbocycles. The molecular weight excluding hydrogens is 253 g/mol. The smallest absolute Gasteiger partial charge is 0.125 e. The predicted molar refractivity (Wildman–Crippen MR) is 77.3 cm³/mol. The van der Waals surface area contributed by atoms with Gasteiger partial charge in [-0.1, -0.05) is 30.3 Å². The minimum absolute atomic E-state index is 0.247. The van der Waals surface area contributed by atoms with E-state index < -0.39 is 0 Å². The average Bonchev–Trinajstić information content (AvgIpc) is 2.92. The van der Waals surface area contributed by atoms with E-state index in [9.17, 15) is 4.39 Å². The van der Waals surface area contributed by atoms with Gasteiger partial charge in [-0.05, 0) is 29.8 Å². The molecule has 4 rings (SSSR count). The van der Waals surface area contributed by atoms with Crippen molar-refractivity contribution in [1.29, 1.82) is 0 Å². The Bertz CT molecular complexity index is 736. The van der Waals surface area contributed by atoms with Crippen molar-refractivity contribution < 1.29 is 4.39 Å². The van der Waals surface area contributed by atoms with E-state index >= 15 is 0 Å². The molecule has 0 aliphatic carbocycles. The van der Waals surface area contributed by atoms with Crippen molar-refractivity contribution in [3.05, 3.63) is 77.9 Å². The summed E-state index contributed by atoms with van der Waals surface area (Å²) in [7, 11) is 0. The fourth-order valence-corrected chi connectivity index (χ4v) is 2.48. The third-order valence-electron chi connectivity index (χ3n) is 3.45. The molecule has 0 saturated heterocycles. The molecule has 1 N–H and O–H groups in total. The van der Waals surface area contributed by atoms with Crippen molar-refractivity contribution in [2.75, 3.05) is 5.01 Å². The largest absolute Gasteiger partial charge is 0.264 e. The second-order valence-corrected chi connectivity index (χ2v) is 4.74. The molecule has 4 heteroatoms. The molecule has 2 aliphatic heterocycles. The van der Waals surface area contributed by atoms with Crippen LogP contribution in [0.1, 0.15) is 11.1 Å². The van der Waals surface area contributed by atoms with Crippen molar-refractivity contribution in [3.8, 4) is 0 Å². The van der Waals surface area contributed by atoms with Crippen LogP contribution in [0, 0.1) is 5.82 Å². The lowest BCUT2D eigenvalue weighted by molar-refractivity contribution is 0.416. The van der Waals surface area contributed by atoms with E-state index in [1.54, 1.807) is 6.07 Å². The van der Waals surface area contributed by atoms with Gasteiger partial charge in [0.25, 0.3) is 0 Å². The molecule has 2 aromatic rings. The van der Waals surface area contributed by atoms with Crippen molar-refractivity contribution in [2.24, 2.45) is 0 Å². The highest BCUT2D eigenvalue weighted by atomic mass is 19.1. The van der Waals surface area contributed by atoms with Crippen LogP contribution < -0.4 is 10.5 Å². The van der Waals surface area contributed by atoms with Crippen LogP contribution in [0.4, 0.5) is 10.1 Å². The molecule has 98 valence electrons. The molecule has 2 aliphatic rings. The van der Waals surface area contributed by atoms with Gasteiger partial charge in [0.15, 0.2) is 0 Å². The Morgan fingerprint density at radius 1 is 0.950 bits per heavy atom. The summed E-state index contributed by atoms with van der Waals surface area (Å²) < 4.78 is 13.3. The molecule has 0 atom stereocenters. The predicted octanol–water partition coefficient (Wildman–Crippen LogP) is 3.35. The molecule has 0 saturated carbocycles. The number of nitrogens with one attached hydrogen (secondary N) is 1. The van der Waals surface area contributed by atoms with E-state index in [0.29, 0.717) is 0 Å². The molecule has 0 radical (unpaired) electrons. The fraction of sp³-hybridized carbons (Fsp3) is 0. The van der Waals surface area contributed by atoms with Gasteiger partial charge < -0.3 is 0 Å². The molecule has 0 aromatic heterocycles. The molecule has 3 nitrogen and oxygen atoms in total. The topological polar surface area (TPSA) is 18.5 Å². The zero-order chi connectivity index (χ0) is 13.5. The molecule has 0 fully saturated rings. The molecule has 0 spiro atoms. The van der Waals surface area contributed by atoms with E-state index in [2.05, 4.69) is 23.7 Å². The molecule has 0 unspecified atom stereocenters. The van der Waals surface area contributed by atoms with Gasteiger partial charge in [-0.2, -0.15) is 0 Å². The van der Waals surface area contributed by atoms with Gasteiger partial charge in [0.2, 0.25) is 0 Å². The van der Waals surface area contributed by atoms with E-state index in [1.807, 2.05) is 40.6 Å². The monoisotopic (exact) mass is 265 g/mol. The summed E-state index contributed by atoms with van der Waals surface area (Å²) >= 11 is 0. The summed E-state index contributed by atoms with van der Waals surface area (Å²) in [6.07, 6.45) is 5.99. The second-order valence-electron chi connectivity index (χ2n) is 4.74. The van der Waals surface area contributed by atoms with Crippen molar-refractivity contribution in [3.63, 3.8) is 0 Å². The highest BCUT2D eigenvalue weighted by Gasteiger charge is 2.25. The van der Waals surface area contributed by atoms with Crippen LogP contribution in [0.5, 0.6) is 0 Å². The maximum Gasteiger partial charge on any atom is 0.125 e. The Morgan fingerprint density at radius 3 is 2.75 bits per heavy atom. The number of halogens is 1. The van der Waals surface area contributed by atoms with Gasteiger partial charge >= 0.3 is 0 Å². The quantitative estimate of drug-likeness (QED) is 0.853. The Hall–Kier alpha value is -2.59. The van der Waals surface area contributed by atoms with E-state index in [1.165, 1.54) is 17.7 Å². The summed E-state index contributed by atoms with van der Waals surface area (Å²) in [5.41, 5.74) is 7.34. The number of hydrogen-bond acceptors (Lipinski definition) is 3. The number of hydrogen-bond donors (Lipinski definition) is 1. The molecule has 20 heavy (non-hydrogen) atoms. The van der Waals surface area contributed by atoms with Gasteiger partial charge in [-0.25, -0.2) is 4.39 Å². The lowest BCUT2D eigenvalue weighted by atomic mass is 10.0. The summed E-state index contributed by atoms with van der Waals surface area (Å²) in [5.74, 6) is -0.247. The summed E-state index contributed by atoms with van der Waals surface area (Å²) in [4.78, 5) is 0. The van der Waals surface area contributed by atoms with Crippen molar-refractivity contribution in [2.45, 2.75) is 0 Å². The van der Waals surface area contributed by atoms with E-state index in [-0.39, 0.29) is 5.82 Å². The Balaban J connectivity index is 1.77. The minimum atomic E-state index is -0.247. The normalized spacial score (nSPS) is 15.9. The van der Waals surface area contributed by atoms with Crippen LogP contribution in [-0.2, 0) is 0 Å². The number of nitrogens with zero attached hydrogens (tertiary/aromatic N) is 2. The van der Waals surface area contributed by atoms with Crippen molar-refractivity contribution in [1.82, 2.24) is 10.5 Å². The van der Waals surface area contributed by atoms with Gasteiger partial charge in [0, 0.05) is 18.0 Å². The summed E-state index contributed by atoms with van der Waals surface area (Å²) in [6.45, 7) is 0. The maximum absolute atomic E-state index is 13.3. The number of fused-ring (bicyclic) bond motifs is 3. The van der Waals surface area contributed by atoms with E-state index in [4.69, 9.17) is 0 Å². The lowest BCUT2D eigenvalue weighted by Crippen LogP contribution is -2.37. The number of rotatable bonds is 1. The highest BCUT2D eigenvalue weighted by molar-refractivity contribution is 5.80. The first kappa shape index (κ1) is 11.3.